The molecule has 1 saturated heterocycles. The van der Waals surface area contributed by atoms with Crippen LogP contribution in [0.3, 0.4) is 0 Å². The Balaban J connectivity index is 1.83. The number of furan rings is 1. The molecular weight excluding hydrogens is 293 g/mol. The van der Waals surface area contributed by atoms with Gasteiger partial charge in [0.25, 0.3) is 0 Å². The molecule has 5 heteroatoms. The fraction of sp³-hybridized carbons (Fsp3) is 0.333. The molecule has 118 valence electrons. The van der Waals surface area contributed by atoms with Crippen molar-refractivity contribution in [2.75, 3.05) is 11.4 Å². The first-order valence-electron chi connectivity index (χ1n) is 7.92. The van der Waals surface area contributed by atoms with Crippen molar-refractivity contribution in [1.82, 2.24) is 9.97 Å². The van der Waals surface area contributed by atoms with Gasteiger partial charge in [-0.05, 0) is 49.1 Å². The second-order valence-corrected chi connectivity index (χ2v) is 6.21. The first-order valence-corrected chi connectivity index (χ1v) is 7.92. The molecule has 1 aliphatic heterocycles. The van der Waals surface area contributed by atoms with Gasteiger partial charge in [0.05, 0.1) is 17.8 Å². The highest BCUT2D eigenvalue weighted by molar-refractivity contribution is 5.89. The van der Waals surface area contributed by atoms with Crippen LogP contribution in [0.2, 0.25) is 0 Å². The molecule has 23 heavy (non-hydrogen) atoms. The monoisotopic (exact) mass is 311 g/mol. The van der Waals surface area contributed by atoms with Crippen molar-refractivity contribution in [3.05, 3.63) is 54.5 Å². The average Bonchev–Trinajstić information content (AvgIpc) is 3.09. The van der Waals surface area contributed by atoms with Gasteiger partial charge in [0.15, 0.2) is 0 Å². The summed E-state index contributed by atoms with van der Waals surface area (Å²) in [5.74, 6) is 2.06. The van der Waals surface area contributed by atoms with E-state index in [9.17, 15) is 4.39 Å². The SMILES string of the molecule is CC1CCN(c2ncnc3ccc(F)cc23)C(c2ccco2)C1. The second-order valence-electron chi connectivity index (χ2n) is 6.21. The van der Waals surface area contributed by atoms with Crippen molar-refractivity contribution < 1.29 is 8.81 Å². The van der Waals surface area contributed by atoms with Gasteiger partial charge in [0.2, 0.25) is 0 Å². The lowest BCUT2D eigenvalue weighted by molar-refractivity contribution is 0.327. The Labute approximate surface area is 134 Å². The molecule has 1 fully saturated rings. The predicted octanol–water partition coefficient (Wildman–Crippen LogP) is 4.34. The van der Waals surface area contributed by atoms with Crippen LogP contribution >= 0.6 is 0 Å². The van der Waals surface area contributed by atoms with Crippen LogP contribution in [0.4, 0.5) is 10.2 Å². The van der Waals surface area contributed by atoms with Crippen LogP contribution in [0.15, 0.2) is 47.3 Å². The minimum atomic E-state index is -0.270. The normalized spacial score (nSPS) is 21.7. The van der Waals surface area contributed by atoms with E-state index >= 15 is 0 Å². The summed E-state index contributed by atoms with van der Waals surface area (Å²) in [6, 6.07) is 8.67. The van der Waals surface area contributed by atoms with E-state index in [1.165, 1.54) is 12.1 Å². The maximum atomic E-state index is 13.7. The highest BCUT2D eigenvalue weighted by Gasteiger charge is 2.31. The van der Waals surface area contributed by atoms with Crippen LogP contribution in [-0.2, 0) is 0 Å². The molecule has 4 nitrogen and oxygen atoms in total. The van der Waals surface area contributed by atoms with Crippen LogP contribution in [0.1, 0.15) is 31.6 Å². The summed E-state index contributed by atoms with van der Waals surface area (Å²) < 4.78 is 19.4. The molecule has 2 aromatic heterocycles. The van der Waals surface area contributed by atoms with Crippen LogP contribution in [-0.4, -0.2) is 16.5 Å². The van der Waals surface area contributed by atoms with E-state index in [-0.39, 0.29) is 11.9 Å². The Bertz CT molecular complexity index is 818. The van der Waals surface area contributed by atoms with Crippen molar-refractivity contribution in [1.29, 1.82) is 0 Å². The Kier molecular flexibility index (Phi) is 3.48. The number of anilines is 1. The summed E-state index contributed by atoms with van der Waals surface area (Å²) in [6.07, 6.45) is 5.32. The number of fused-ring (bicyclic) bond motifs is 1. The Morgan fingerprint density at radius 3 is 3.00 bits per heavy atom. The van der Waals surface area contributed by atoms with Crippen LogP contribution in [0.25, 0.3) is 10.9 Å². The Morgan fingerprint density at radius 2 is 2.17 bits per heavy atom. The summed E-state index contributed by atoms with van der Waals surface area (Å²) in [6.45, 7) is 3.13. The van der Waals surface area contributed by atoms with Crippen molar-refractivity contribution >= 4 is 16.7 Å². The number of benzene rings is 1. The second kappa shape index (κ2) is 5.65. The molecular formula is C18H18FN3O. The molecule has 1 aliphatic rings. The number of hydrogen-bond acceptors (Lipinski definition) is 4. The van der Waals surface area contributed by atoms with Crippen LogP contribution in [0.5, 0.6) is 0 Å². The molecule has 0 aliphatic carbocycles. The summed E-state index contributed by atoms with van der Waals surface area (Å²) in [5, 5.41) is 0.749. The van der Waals surface area contributed by atoms with Gasteiger partial charge in [0, 0.05) is 11.9 Å². The zero-order valence-electron chi connectivity index (χ0n) is 12.9. The highest BCUT2D eigenvalue weighted by Crippen LogP contribution is 2.39. The fourth-order valence-corrected chi connectivity index (χ4v) is 3.39. The third-order valence-corrected chi connectivity index (χ3v) is 4.58. The number of aromatic nitrogens is 2. The van der Waals surface area contributed by atoms with Crippen molar-refractivity contribution in [3.8, 4) is 0 Å². The lowest BCUT2D eigenvalue weighted by Crippen LogP contribution is -2.36. The van der Waals surface area contributed by atoms with Crippen molar-refractivity contribution in [2.24, 2.45) is 5.92 Å². The number of halogens is 1. The minimum absolute atomic E-state index is 0.120. The molecule has 0 spiro atoms. The zero-order chi connectivity index (χ0) is 15.8. The maximum absolute atomic E-state index is 13.7. The van der Waals surface area contributed by atoms with Gasteiger partial charge in [-0.25, -0.2) is 14.4 Å². The van der Waals surface area contributed by atoms with Gasteiger partial charge >= 0.3 is 0 Å². The molecule has 4 rings (SSSR count). The van der Waals surface area contributed by atoms with Crippen LogP contribution < -0.4 is 4.90 Å². The highest BCUT2D eigenvalue weighted by atomic mass is 19.1. The molecule has 0 bridgehead atoms. The van der Waals surface area contributed by atoms with E-state index < -0.39 is 0 Å². The molecule has 0 radical (unpaired) electrons. The Morgan fingerprint density at radius 1 is 1.26 bits per heavy atom. The summed E-state index contributed by atoms with van der Waals surface area (Å²) in [5.41, 5.74) is 0.758. The van der Waals surface area contributed by atoms with E-state index in [2.05, 4.69) is 21.8 Å². The molecule has 2 unspecified atom stereocenters. The van der Waals surface area contributed by atoms with E-state index in [1.807, 2.05) is 12.1 Å². The predicted molar refractivity (Wildman–Crippen MR) is 86.7 cm³/mol. The maximum Gasteiger partial charge on any atom is 0.140 e. The Hall–Kier alpha value is -2.43. The minimum Gasteiger partial charge on any atom is -0.467 e. The number of nitrogens with zero attached hydrogens (tertiary/aromatic N) is 3. The van der Waals surface area contributed by atoms with E-state index in [4.69, 9.17) is 4.42 Å². The third-order valence-electron chi connectivity index (χ3n) is 4.58. The quantitative estimate of drug-likeness (QED) is 0.706. The summed E-state index contributed by atoms with van der Waals surface area (Å²) >= 11 is 0. The largest absolute Gasteiger partial charge is 0.467 e. The van der Waals surface area contributed by atoms with Gasteiger partial charge in [-0.15, -0.1) is 0 Å². The van der Waals surface area contributed by atoms with Crippen molar-refractivity contribution in [3.63, 3.8) is 0 Å². The zero-order valence-corrected chi connectivity index (χ0v) is 12.9. The smallest absolute Gasteiger partial charge is 0.140 e. The van der Waals surface area contributed by atoms with Crippen LogP contribution in [0, 0.1) is 11.7 Å². The topological polar surface area (TPSA) is 42.2 Å². The first-order chi connectivity index (χ1) is 11.2. The molecule has 3 aromatic rings. The van der Waals surface area contributed by atoms with Gasteiger partial charge in [0.1, 0.15) is 23.7 Å². The summed E-state index contributed by atoms with van der Waals surface area (Å²) in [7, 11) is 0. The van der Waals surface area contributed by atoms with Gasteiger partial charge in [-0.2, -0.15) is 0 Å². The number of piperidine rings is 1. The first kappa shape index (κ1) is 14.2. The molecule has 0 amide bonds. The summed E-state index contributed by atoms with van der Waals surface area (Å²) in [4.78, 5) is 10.9. The van der Waals surface area contributed by atoms with Gasteiger partial charge < -0.3 is 9.32 Å². The fourth-order valence-electron chi connectivity index (χ4n) is 3.39. The third kappa shape index (κ3) is 2.56. The molecule has 1 aromatic carbocycles. The lowest BCUT2D eigenvalue weighted by atomic mass is 9.91. The van der Waals surface area contributed by atoms with E-state index in [1.54, 1.807) is 18.7 Å². The molecule has 3 heterocycles. The average molecular weight is 311 g/mol. The van der Waals surface area contributed by atoms with E-state index in [0.29, 0.717) is 5.92 Å². The van der Waals surface area contributed by atoms with Crippen molar-refractivity contribution in [2.45, 2.75) is 25.8 Å². The van der Waals surface area contributed by atoms with Gasteiger partial charge in [-0.3, -0.25) is 0 Å². The lowest BCUT2D eigenvalue weighted by Gasteiger charge is -2.38. The van der Waals surface area contributed by atoms with E-state index in [0.717, 1.165) is 41.9 Å². The molecule has 0 saturated carbocycles. The molecule has 0 N–H and O–H groups in total. The standard InChI is InChI=1S/C18H18FN3O/c1-12-6-7-22(16(9-12)17-3-2-8-23-17)18-14-10-13(19)4-5-15(14)20-11-21-18/h2-5,8,10-12,16H,6-7,9H2,1H3. The number of hydrogen-bond donors (Lipinski definition) is 0. The number of rotatable bonds is 2. The van der Waals surface area contributed by atoms with Gasteiger partial charge in [-0.1, -0.05) is 6.92 Å². The molecule has 2 atom stereocenters.